The van der Waals surface area contributed by atoms with Crippen molar-refractivity contribution in [3.8, 4) is 6.01 Å². The smallest absolute Gasteiger partial charge is 0.316 e. The maximum absolute atomic E-state index is 10.7. The highest BCUT2D eigenvalue weighted by molar-refractivity contribution is 5.74. The number of carbonyl (C=O) groups is 1. The van der Waals surface area contributed by atoms with E-state index >= 15 is 0 Å². The lowest BCUT2D eigenvalue weighted by Gasteiger charge is -2.06. The topological polar surface area (TPSA) is 72.3 Å². The van der Waals surface area contributed by atoms with Crippen LogP contribution >= 0.6 is 0 Å². The van der Waals surface area contributed by atoms with Crippen LogP contribution in [0, 0.1) is 0 Å². The van der Waals surface area contributed by atoms with Crippen LogP contribution in [0.25, 0.3) is 0 Å². The number of nitrogens with zero attached hydrogens (tertiary/aromatic N) is 2. The van der Waals surface area contributed by atoms with E-state index < -0.39 is 11.9 Å². The van der Waals surface area contributed by atoms with E-state index in [0.717, 1.165) is 0 Å². The van der Waals surface area contributed by atoms with Crippen molar-refractivity contribution in [2.24, 2.45) is 0 Å². The fourth-order valence-electron chi connectivity index (χ4n) is 0.920. The molecule has 1 N–H and O–H groups in total. The molecule has 0 aliphatic heterocycles. The molecule has 0 aliphatic carbocycles. The van der Waals surface area contributed by atoms with Gasteiger partial charge in [-0.25, -0.2) is 4.98 Å². The number of carboxylic acid groups (broad SMARTS) is 1. The second kappa shape index (κ2) is 4.55. The molecule has 1 heterocycles. The van der Waals surface area contributed by atoms with Crippen molar-refractivity contribution in [2.45, 2.75) is 19.8 Å². The van der Waals surface area contributed by atoms with Gasteiger partial charge in [0.05, 0.1) is 18.2 Å². The van der Waals surface area contributed by atoms with E-state index in [1.165, 1.54) is 6.20 Å². The van der Waals surface area contributed by atoms with Crippen molar-refractivity contribution in [1.29, 1.82) is 0 Å². The Bertz CT molecular complexity index is 328. The molecule has 1 aromatic rings. The molecule has 0 bridgehead atoms. The summed E-state index contributed by atoms with van der Waals surface area (Å²) in [5, 5.41) is 8.75. The zero-order valence-corrected chi connectivity index (χ0v) is 8.10. The van der Waals surface area contributed by atoms with E-state index in [2.05, 4.69) is 9.97 Å². The molecule has 0 amide bonds. The lowest BCUT2D eigenvalue weighted by atomic mass is 10.1. The summed E-state index contributed by atoms with van der Waals surface area (Å²) in [4.78, 5) is 18.5. The highest BCUT2D eigenvalue weighted by Crippen LogP contribution is 2.14. The molecule has 0 saturated heterocycles. The molecule has 1 unspecified atom stereocenters. The molecular weight excluding hydrogens is 184 g/mol. The molecule has 1 rings (SSSR count). The Labute approximate surface area is 81.8 Å². The standard InChI is InChI=1S/C9H12N2O3/c1-3-14-9-10-5-4-7(11-9)6(2)8(12)13/h4-6H,3H2,1-2H3,(H,12,13). The van der Waals surface area contributed by atoms with Crippen LogP contribution in [0.5, 0.6) is 6.01 Å². The normalized spacial score (nSPS) is 12.1. The van der Waals surface area contributed by atoms with Gasteiger partial charge in [0.2, 0.25) is 0 Å². The first-order valence-electron chi connectivity index (χ1n) is 4.33. The van der Waals surface area contributed by atoms with Gasteiger partial charge in [-0.15, -0.1) is 0 Å². The van der Waals surface area contributed by atoms with Crippen molar-refractivity contribution < 1.29 is 14.6 Å². The first kappa shape index (κ1) is 10.4. The monoisotopic (exact) mass is 196 g/mol. The average molecular weight is 196 g/mol. The molecule has 0 saturated carbocycles. The molecule has 14 heavy (non-hydrogen) atoms. The van der Waals surface area contributed by atoms with Gasteiger partial charge in [0.1, 0.15) is 0 Å². The number of rotatable bonds is 4. The van der Waals surface area contributed by atoms with Gasteiger partial charge in [0.25, 0.3) is 0 Å². The first-order chi connectivity index (χ1) is 6.65. The number of carboxylic acids is 1. The molecule has 1 atom stereocenters. The van der Waals surface area contributed by atoms with Crippen LogP contribution in [-0.4, -0.2) is 27.7 Å². The Kier molecular flexibility index (Phi) is 3.39. The molecular formula is C9H12N2O3. The van der Waals surface area contributed by atoms with E-state index in [1.807, 2.05) is 6.92 Å². The van der Waals surface area contributed by atoms with Gasteiger partial charge >= 0.3 is 12.0 Å². The van der Waals surface area contributed by atoms with Crippen molar-refractivity contribution in [3.05, 3.63) is 18.0 Å². The van der Waals surface area contributed by atoms with Crippen LogP contribution in [-0.2, 0) is 4.79 Å². The Hall–Kier alpha value is -1.65. The van der Waals surface area contributed by atoms with Gasteiger partial charge in [-0.3, -0.25) is 4.79 Å². The van der Waals surface area contributed by atoms with Crippen molar-refractivity contribution in [2.75, 3.05) is 6.61 Å². The van der Waals surface area contributed by atoms with E-state index in [0.29, 0.717) is 12.3 Å². The maximum Gasteiger partial charge on any atom is 0.316 e. The fraction of sp³-hybridized carbons (Fsp3) is 0.444. The predicted octanol–water partition coefficient (Wildman–Crippen LogP) is 1.06. The summed E-state index contributed by atoms with van der Waals surface area (Å²) in [7, 11) is 0. The number of ether oxygens (including phenoxy) is 1. The molecule has 0 spiro atoms. The summed E-state index contributed by atoms with van der Waals surface area (Å²) < 4.78 is 5.06. The molecule has 0 radical (unpaired) electrons. The van der Waals surface area contributed by atoms with E-state index in [1.54, 1.807) is 13.0 Å². The Morgan fingerprint density at radius 1 is 1.71 bits per heavy atom. The molecule has 5 heteroatoms. The Balaban J connectivity index is 2.87. The van der Waals surface area contributed by atoms with Crippen LogP contribution in [0.15, 0.2) is 12.3 Å². The number of aromatic nitrogens is 2. The van der Waals surface area contributed by atoms with Crippen LogP contribution < -0.4 is 4.74 Å². The third kappa shape index (κ3) is 2.42. The van der Waals surface area contributed by atoms with Crippen molar-refractivity contribution in [1.82, 2.24) is 9.97 Å². The van der Waals surface area contributed by atoms with Crippen molar-refractivity contribution >= 4 is 5.97 Å². The van der Waals surface area contributed by atoms with Crippen LogP contribution in [0.3, 0.4) is 0 Å². The summed E-state index contributed by atoms with van der Waals surface area (Å²) in [6, 6.07) is 1.79. The van der Waals surface area contributed by atoms with Crippen LogP contribution in [0.4, 0.5) is 0 Å². The summed E-state index contributed by atoms with van der Waals surface area (Å²) in [5.41, 5.74) is 0.455. The highest BCUT2D eigenvalue weighted by Gasteiger charge is 2.15. The van der Waals surface area contributed by atoms with Gasteiger partial charge in [-0.05, 0) is 19.9 Å². The van der Waals surface area contributed by atoms with Gasteiger partial charge < -0.3 is 9.84 Å². The van der Waals surface area contributed by atoms with Crippen LogP contribution in [0.2, 0.25) is 0 Å². The summed E-state index contributed by atoms with van der Waals surface area (Å²) >= 11 is 0. The summed E-state index contributed by atoms with van der Waals surface area (Å²) in [6.07, 6.45) is 1.49. The maximum atomic E-state index is 10.7. The van der Waals surface area contributed by atoms with Gasteiger partial charge in [-0.1, -0.05) is 0 Å². The molecule has 0 aromatic carbocycles. The third-order valence-electron chi connectivity index (χ3n) is 1.74. The zero-order chi connectivity index (χ0) is 10.6. The Morgan fingerprint density at radius 2 is 2.43 bits per heavy atom. The average Bonchev–Trinajstić information content (AvgIpc) is 2.17. The van der Waals surface area contributed by atoms with Gasteiger partial charge in [0.15, 0.2) is 0 Å². The second-order valence-corrected chi connectivity index (χ2v) is 2.76. The van der Waals surface area contributed by atoms with E-state index in [-0.39, 0.29) is 6.01 Å². The quantitative estimate of drug-likeness (QED) is 0.779. The number of aliphatic carboxylic acids is 1. The first-order valence-corrected chi connectivity index (χ1v) is 4.33. The molecule has 1 aromatic heterocycles. The van der Waals surface area contributed by atoms with Gasteiger partial charge in [0, 0.05) is 6.20 Å². The second-order valence-electron chi connectivity index (χ2n) is 2.76. The zero-order valence-electron chi connectivity index (χ0n) is 8.10. The fourth-order valence-corrected chi connectivity index (χ4v) is 0.920. The highest BCUT2D eigenvalue weighted by atomic mass is 16.5. The molecule has 5 nitrogen and oxygen atoms in total. The molecule has 0 aliphatic rings. The minimum Gasteiger partial charge on any atom is -0.481 e. The lowest BCUT2D eigenvalue weighted by Crippen LogP contribution is -2.10. The van der Waals surface area contributed by atoms with Crippen LogP contribution in [0.1, 0.15) is 25.5 Å². The SMILES string of the molecule is CCOc1nccc(C(C)C(=O)O)n1. The summed E-state index contributed by atoms with van der Waals surface area (Å²) in [6.45, 7) is 3.85. The largest absolute Gasteiger partial charge is 0.481 e. The third-order valence-corrected chi connectivity index (χ3v) is 1.74. The van der Waals surface area contributed by atoms with E-state index in [9.17, 15) is 4.79 Å². The molecule has 0 fully saturated rings. The minimum atomic E-state index is -0.911. The minimum absolute atomic E-state index is 0.220. The predicted molar refractivity (Wildman–Crippen MR) is 49.3 cm³/mol. The van der Waals surface area contributed by atoms with Crippen molar-refractivity contribution in [3.63, 3.8) is 0 Å². The number of hydrogen-bond acceptors (Lipinski definition) is 4. The Morgan fingerprint density at radius 3 is 3.00 bits per heavy atom. The summed E-state index contributed by atoms with van der Waals surface area (Å²) in [5.74, 6) is -1.55. The lowest BCUT2D eigenvalue weighted by molar-refractivity contribution is -0.138. The van der Waals surface area contributed by atoms with E-state index in [4.69, 9.17) is 9.84 Å². The van der Waals surface area contributed by atoms with Gasteiger partial charge in [-0.2, -0.15) is 4.98 Å². The molecule has 76 valence electrons. The number of hydrogen-bond donors (Lipinski definition) is 1.